The second-order valence-electron chi connectivity index (χ2n) is 3.66. The van der Waals surface area contributed by atoms with Gasteiger partial charge in [-0.3, -0.25) is 4.79 Å². The third kappa shape index (κ3) is 3.49. The molecule has 0 fully saturated rings. The van der Waals surface area contributed by atoms with E-state index in [4.69, 9.17) is 11.6 Å². The summed E-state index contributed by atoms with van der Waals surface area (Å²) in [7, 11) is 0. The SMILES string of the molecule is CCCNC(=O)C(Cl)c1ccc(C)c(Br)c1. The van der Waals surface area contributed by atoms with E-state index in [1.54, 1.807) is 0 Å². The number of hydrogen-bond acceptors (Lipinski definition) is 1. The molecule has 0 radical (unpaired) electrons. The third-order valence-electron chi connectivity index (χ3n) is 2.27. The van der Waals surface area contributed by atoms with E-state index in [2.05, 4.69) is 21.2 Å². The van der Waals surface area contributed by atoms with E-state index in [1.165, 1.54) is 0 Å². The van der Waals surface area contributed by atoms with Crippen molar-refractivity contribution in [3.63, 3.8) is 0 Å². The Morgan fingerprint density at radius 2 is 2.25 bits per heavy atom. The largest absolute Gasteiger partial charge is 0.355 e. The number of hydrogen-bond donors (Lipinski definition) is 1. The van der Waals surface area contributed by atoms with E-state index in [0.29, 0.717) is 6.54 Å². The van der Waals surface area contributed by atoms with Gasteiger partial charge >= 0.3 is 0 Å². The van der Waals surface area contributed by atoms with Gasteiger partial charge in [0.15, 0.2) is 0 Å². The summed E-state index contributed by atoms with van der Waals surface area (Å²) in [4.78, 5) is 11.6. The maximum Gasteiger partial charge on any atom is 0.242 e. The molecule has 1 aromatic rings. The van der Waals surface area contributed by atoms with Crippen molar-refractivity contribution in [1.29, 1.82) is 0 Å². The zero-order chi connectivity index (χ0) is 12.1. The summed E-state index contributed by atoms with van der Waals surface area (Å²) in [6, 6.07) is 5.71. The van der Waals surface area contributed by atoms with Crippen molar-refractivity contribution in [3.05, 3.63) is 33.8 Å². The van der Waals surface area contributed by atoms with Crippen molar-refractivity contribution in [3.8, 4) is 0 Å². The fourth-order valence-electron chi connectivity index (χ4n) is 1.26. The Morgan fingerprint density at radius 1 is 1.56 bits per heavy atom. The van der Waals surface area contributed by atoms with Crippen molar-refractivity contribution in [2.24, 2.45) is 0 Å². The number of carbonyl (C=O) groups is 1. The molecule has 0 saturated carbocycles. The van der Waals surface area contributed by atoms with Gasteiger partial charge in [-0.2, -0.15) is 0 Å². The lowest BCUT2D eigenvalue weighted by Crippen LogP contribution is -2.27. The molecule has 0 saturated heterocycles. The van der Waals surface area contributed by atoms with Crippen LogP contribution in [0.1, 0.15) is 29.8 Å². The molecule has 1 rings (SSSR count). The van der Waals surface area contributed by atoms with Crippen LogP contribution in [0.4, 0.5) is 0 Å². The molecular weight excluding hydrogens is 289 g/mol. The van der Waals surface area contributed by atoms with Crippen LogP contribution in [0.2, 0.25) is 0 Å². The van der Waals surface area contributed by atoms with Gasteiger partial charge in [0, 0.05) is 11.0 Å². The molecule has 1 aromatic carbocycles. The van der Waals surface area contributed by atoms with Crippen LogP contribution in [0.25, 0.3) is 0 Å². The molecule has 1 amide bonds. The van der Waals surface area contributed by atoms with Crippen LogP contribution >= 0.6 is 27.5 Å². The minimum absolute atomic E-state index is 0.140. The minimum atomic E-state index is -0.622. The average molecular weight is 305 g/mol. The third-order valence-corrected chi connectivity index (χ3v) is 3.57. The van der Waals surface area contributed by atoms with Gasteiger partial charge in [0.25, 0.3) is 0 Å². The first-order valence-corrected chi connectivity index (χ1v) is 6.47. The highest BCUT2D eigenvalue weighted by molar-refractivity contribution is 9.10. The second kappa shape index (κ2) is 6.26. The Bertz CT molecular complexity index is 381. The lowest BCUT2D eigenvalue weighted by Gasteiger charge is -2.11. The Hall–Kier alpha value is -0.540. The molecule has 2 nitrogen and oxygen atoms in total. The Balaban J connectivity index is 2.75. The quantitative estimate of drug-likeness (QED) is 0.847. The van der Waals surface area contributed by atoms with Crippen molar-refractivity contribution < 1.29 is 4.79 Å². The summed E-state index contributed by atoms with van der Waals surface area (Å²) in [6.45, 7) is 4.66. The lowest BCUT2D eigenvalue weighted by atomic mass is 10.1. The Kier molecular flexibility index (Phi) is 5.29. The normalized spacial score (nSPS) is 12.2. The topological polar surface area (TPSA) is 29.1 Å². The molecule has 1 unspecified atom stereocenters. The van der Waals surface area contributed by atoms with E-state index < -0.39 is 5.38 Å². The van der Waals surface area contributed by atoms with Crippen molar-refractivity contribution in [2.45, 2.75) is 25.6 Å². The van der Waals surface area contributed by atoms with Gasteiger partial charge in [0.1, 0.15) is 5.38 Å². The highest BCUT2D eigenvalue weighted by atomic mass is 79.9. The van der Waals surface area contributed by atoms with Crippen molar-refractivity contribution in [2.75, 3.05) is 6.54 Å². The Morgan fingerprint density at radius 3 is 2.81 bits per heavy atom. The monoisotopic (exact) mass is 303 g/mol. The fraction of sp³-hybridized carbons (Fsp3) is 0.417. The molecule has 1 N–H and O–H groups in total. The highest BCUT2D eigenvalue weighted by Gasteiger charge is 2.17. The van der Waals surface area contributed by atoms with Gasteiger partial charge < -0.3 is 5.32 Å². The maximum atomic E-state index is 11.6. The average Bonchev–Trinajstić information content (AvgIpc) is 2.28. The van der Waals surface area contributed by atoms with E-state index in [-0.39, 0.29) is 5.91 Å². The number of amides is 1. The van der Waals surface area contributed by atoms with Crippen LogP contribution in [0.15, 0.2) is 22.7 Å². The molecule has 88 valence electrons. The molecular formula is C12H15BrClNO. The predicted molar refractivity (Wildman–Crippen MR) is 70.8 cm³/mol. The fourth-order valence-corrected chi connectivity index (χ4v) is 1.87. The van der Waals surface area contributed by atoms with Crippen molar-refractivity contribution in [1.82, 2.24) is 5.32 Å². The molecule has 0 heterocycles. The number of aryl methyl sites for hydroxylation is 1. The van der Waals surface area contributed by atoms with Crippen LogP contribution < -0.4 is 5.32 Å². The van der Waals surface area contributed by atoms with Crippen LogP contribution in [-0.4, -0.2) is 12.5 Å². The first kappa shape index (κ1) is 13.5. The highest BCUT2D eigenvalue weighted by Crippen LogP contribution is 2.25. The summed E-state index contributed by atoms with van der Waals surface area (Å²) in [5.74, 6) is -0.140. The smallest absolute Gasteiger partial charge is 0.242 e. The molecule has 0 aliphatic rings. The van der Waals surface area contributed by atoms with Crippen molar-refractivity contribution >= 4 is 33.4 Å². The molecule has 1 atom stereocenters. The number of nitrogens with one attached hydrogen (secondary N) is 1. The minimum Gasteiger partial charge on any atom is -0.355 e. The number of alkyl halides is 1. The number of halogens is 2. The summed E-state index contributed by atoms with van der Waals surface area (Å²) in [5.41, 5.74) is 1.94. The van der Waals surface area contributed by atoms with Crippen LogP contribution in [-0.2, 0) is 4.79 Å². The van der Waals surface area contributed by atoms with Gasteiger partial charge in [-0.25, -0.2) is 0 Å². The summed E-state index contributed by atoms with van der Waals surface area (Å²) in [5, 5.41) is 2.16. The van der Waals surface area contributed by atoms with Crippen LogP contribution in [0, 0.1) is 6.92 Å². The Labute approximate surface area is 110 Å². The van der Waals surface area contributed by atoms with Gasteiger partial charge in [0.05, 0.1) is 0 Å². The summed E-state index contributed by atoms with van der Waals surface area (Å²) >= 11 is 9.51. The molecule has 0 aliphatic carbocycles. The van der Waals surface area contributed by atoms with E-state index in [0.717, 1.165) is 22.0 Å². The molecule has 16 heavy (non-hydrogen) atoms. The standard InChI is InChI=1S/C12H15BrClNO/c1-3-6-15-12(16)11(14)9-5-4-8(2)10(13)7-9/h4-5,7,11H,3,6H2,1-2H3,(H,15,16). The van der Waals surface area contributed by atoms with E-state index >= 15 is 0 Å². The number of benzene rings is 1. The lowest BCUT2D eigenvalue weighted by molar-refractivity contribution is -0.120. The number of carbonyl (C=O) groups excluding carboxylic acids is 1. The molecule has 0 spiro atoms. The zero-order valence-corrected chi connectivity index (χ0v) is 11.7. The van der Waals surface area contributed by atoms with Gasteiger partial charge in [-0.1, -0.05) is 35.0 Å². The van der Waals surface area contributed by atoms with E-state index in [9.17, 15) is 4.79 Å². The van der Waals surface area contributed by atoms with E-state index in [1.807, 2.05) is 32.0 Å². The molecule has 4 heteroatoms. The van der Waals surface area contributed by atoms with Crippen LogP contribution in [0.3, 0.4) is 0 Å². The predicted octanol–water partition coefficient (Wildman–Crippen LogP) is 3.56. The van der Waals surface area contributed by atoms with Gasteiger partial charge in [0.2, 0.25) is 5.91 Å². The molecule has 0 aromatic heterocycles. The first-order valence-electron chi connectivity index (χ1n) is 5.24. The second-order valence-corrected chi connectivity index (χ2v) is 4.95. The van der Waals surface area contributed by atoms with Gasteiger partial charge in [-0.15, -0.1) is 11.6 Å². The summed E-state index contributed by atoms with van der Waals surface area (Å²) < 4.78 is 0.971. The van der Waals surface area contributed by atoms with Crippen LogP contribution in [0.5, 0.6) is 0 Å². The zero-order valence-electron chi connectivity index (χ0n) is 9.39. The molecule has 0 bridgehead atoms. The first-order chi connectivity index (χ1) is 7.56. The summed E-state index contributed by atoms with van der Waals surface area (Å²) in [6.07, 6.45) is 0.910. The number of rotatable bonds is 4. The maximum absolute atomic E-state index is 11.6. The van der Waals surface area contributed by atoms with Gasteiger partial charge in [-0.05, 0) is 30.5 Å². The molecule has 0 aliphatic heterocycles.